The average Bonchev–Trinajstić information content (AvgIpc) is 3.16. The van der Waals surface area contributed by atoms with Crippen LogP contribution in [0.5, 0.6) is 0 Å². The summed E-state index contributed by atoms with van der Waals surface area (Å²) in [5, 5.41) is 9.99. The fourth-order valence-corrected chi connectivity index (χ4v) is 3.41. The third-order valence-corrected chi connectivity index (χ3v) is 4.85. The van der Waals surface area contributed by atoms with Crippen molar-refractivity contribution in [3.8, 4) is 11.3 Å². The number of hydrogen-bond acceptors (Lipinski definition) is 4. The number of nitrogens with zero attached hydrogens (tertiary/aromatic N) is 5. The van der Waals surface area contributed by atoms with Crippen LogP contribution in [0, 0.1) is 6.92 Å². The summed E-state index contributed by atoms with van der Waals surface area (Å²) < 4.78 is 6.02. The maximum Gasteiger partial charge on any atom is 0.332 e. The van der Waals surface area contributed by atoms with Crippen molar-refractivity contribution in [1.29, 1.82) is 0 Å². The lowest BCUT2D eigenvalue weighted by molar-refractivity contribution is 0.175. The van der Waals surface area contributed by atoms with Crippen LogP contribution in [0.1, 0.15) is 12.5 Å². The lowest BCUT2D eigenvalue weighted by atomic mass is 10.1. The van der Waals surface area contributed by atoms with Crippen molar-refractivity contribution in [2.45, 2.75) is 26.5 Å². The first-order chi connectivity index (χ1) is 12.8. The Bertz CT molecular complexity index is 1290. The SMILES string of the molecule is Cc1ccc(-c2cn3c4c(=O)n(C)c(=O)n(C)c4nc3n2C[C@H](C)O)cc1. The summed E-state index contributed by atoms with van der Waals surface area (Å²) in [5.74, 6) is 0.514. The Morgan fingerprint density at radius 1 is 1.11 bits per heavy atom. The van der Waals surface area contributed by atoms with E-state index in [0.717, 1.165) is 21.4 Å². The molecule has 0 spiro atoms. The molecule has 4 rings (SSSR count). The molecule has 140 valence electrons. The molecular weight excluding hydrogens is 346 g/mol. The maximum absolute atomic E-state index is 12.7. The Hall–Kier alpha value is -3.13. The molecule has 0 bridgehead atoms. The molecule has 0 fully saturated rings. The number of aromatic nitrogens is 5. The molecule has 1 atom stereocenters. The number of rotatable bonds is 3. The van der Waals surface area contributed by atoms with E-state index >= 15 is 0 Å². The molecule has 1 N–H and O–H groups in total. The molecule has 0 radical (unpaired) electrons. The minimum absolute atomic E-state index is 0.317. The van der Waals surface area contributed by atoms with E-state index in [-0.39, 0.29) is 0 Å². The van der Waals surface area contributed by atoms with Crippen LogP contribution in [0.25, 0.3) is 28.2 Å². The average molecular weight is 367 g/mol. The first-order valence-corrected chi connectivity index (χ1v) is 8.72. The Labute approximate surface area is 154 Å². The number of imidazole rings is 2. The van der Waals surface area contributed by atoms with Gasteiger partial charge >= 0.3 is 5.69 Å². The molecule has 8 nitrogen and oxygen atoms in total. The Morgan fingerprint density at radius 2 is 1.78 bits per heavy atom. The first-order valence-electron chi connectivity index (χ1n) is 8.72. The normalized spacial score (nSPS) is 12.9. The standard InChI is InChI=1S/C19H21N5O3/c1-11-5-7-13(8-6-11)14-10-24-15-16(20-18(24)23(14)9-12(2)25)21(3)19(27)22(4)17(15)26/h5-8,10,12,25H,9H2,1-4H3/t12-/m0/s1. The van der Waals surface area contributed by atoms with Gasteiger partial charge in [0.05, 0.1) is 18.3 Å². The number of hydrogen-bond donors (Lipinski definition) is 1. The molecule has 0 unspecified atom stereocenters. The number of fused-ring (bicyclic) bond motifs is 3. The molecule has 0 saturated carbocycles. The second kappa shape index (κ2) is 5.95. The third kappa shape index (κ3) is 2.52. The molecule has 8 heteroatoms. The molecule has 4 aromatic rings. The third-order valence-electron chi connectivity index (χ3n) is 4.85. The Morgan fingerprint density at radius 3 is 2.41 bits per heavy atom. The van der Waals surface area contributed by atoms with Gasteiger partial charge in [-0.05, 0) is 19.4 Å². The molecule has 3 aromatic heterocycles. The van der Waals surface area contributed by atoms with Gasteiger partial charge in [0, 0.05) is 20.3 Å². The van der Waals surface area contributed by atoms with E-state index in [9.17, 15) is 14.7 Å². The Balaban J connectivity index is 2.13. The summed E-state index contributed by atoms with van der Waals surface area (Å²) >= 11 is 0. The van der Waals surface area contributed by atoms with Gasteiger partial charge in [0.2, 0.25) is 5.78 Å². The van der Waals surface area contributed by atoms with Crippen LogP contribution in [0.2, 0.25) is 0 Å². The van der Waals surface area contributed by atoms with E-state index in [1.807, 2.05) is 42.0 Å². The summed E-state index contributed by atoms with van der Waals surface area (Å²) in [6.07, 6.45) is 1.24. The van der Waals surface area contributed by atoms with Crippen LogP contribution in [0.4, 0.5) is 0 Å². The van der Waals surface area contributed by atoms with Crippen LogP contribution in [-0.4, -0.2) is 34.3 Å². The van der Waals surface area contributed by atoms with E-state index in [1.54, 1.807) is 18.4 Å². The fraction of sp³-hybridized carbons (Fsp3) is 0.316. The Kier molecular flexibility index (Phi) is 3.81. The molecule has 0 saturated heterocycles. The molecule has 0 aliphatic carbocycles. The summed E-state index contributed by atoms with van der Waals surface area (Å²) in [7, 11) is 3.05. The van der Waals surface area contributed by atoms with Crippen LogP contribution in [0.15, 0.2) is 40.1 Å². The topological polar surface area (TPSA) is 86.5 Å². The van der Waals surface area contributed by atoms with Crippen molar-refractivity contribution in [3.63, 3.8) is 0 Å². The smallest absolute Gasteiger partial charge is 0.332 e. The van der Waals surface area contributed by atoms with Gasteiger partial charge in [-0.1, -0.05) is 29.8 Å². The van der Waals surface area contributed by atoms with Crippen molar-refractivity contribution in [3.05, 3.63) is 56.9 Å². The van der Waals surface area contributed by atoms with Crippen molar-refractivity contribution < 1.29 is 5.11 Å². The van der Waals surface area contributed by atoms with Gasteiger partial charge < -0.3 is 9.67 Å². The second-order valence-corrected chi connectivity index (χ2v) is 7.00. The van der Waals surface area contributed by atoms with E-state index in [1.165, 1.54) is 11.6 Å². The quantitative estimate of drug-likeness (QED) is 0.586. The number of benzene rings is 1. The fourth-order valence-electron chi connectivity index (χ4n) is 3.41. The van der Waals surface area contributed by atoms with Gasteiger partial charge in [0.25, 0.3) is 5.56 Å². The van der Waals surface area contributed by atoms with E-state index in [0.29, 0.717) is 23.5 Å². The van der Waals surface area contributed by atoms with E-state index < -0.39 is 17.4 Å². The number of aliphatic hydroxyl groups excluding tert-OH is 1. The molecule has 0 aliphatic rings. The van der Waals surface area contributed by atoms with Crippen LogP contribution in [0.3, 0.4) is 0 Å². The first kappa shape index (κ1) is 17.3. The van der Waals surface area contributed by atoms with Crippen LogP contribution < -0.4 is 11.2 Å². The lowest BCUT2D eigenvalue weighted by Crippen LogP contribution is -2.37. The monoisotopic (exact) mass is 367 g/mol. The van der Waals surface area contributed by atoms with Crippen LogP contribution >= 0.6 is 0 Å². The summed E-state index contributed by atoms with van der Waals surface area (Å²) in [5.41, 5.74) is 2.80. The molecule has 27 heavy (non-hydrogen) atoms. The maximum atomic E-state index is 12.7. The van der Waals surface area contributed by atoms with Gasteiger partial charge in [-0.15, -0.1) is 0 Å². The van der Waals surface area contributed by atoms with Crippen molar-refractivity contribution >= 4 is 16.9 Å². The molecule has 0 amide bonds. The minimum Gasteiger partial charge on any atom is -0.392 e. The van der Waals surface area contributed by atoms with Gasteiger partial charge in [-0.3, -0.25) is 18.3 Å². The predicted octanol–water partition coefficient (Wildman–Crippen LogP) is 1.04. The molecule has 0 aliphatic heterocycles. The van der Waals surface area contributed by atoms with Gasteiger partial charge in [0.1, 0.15) is 0 Å². The van der Waals surface area contributed by atoms with Crippen molar-refractivity contribution in [2.75, 3.05) is 0 Å². The van der Waals surface area contributed by atoms with Crippen molar-refractivity contribution in [1.82, 2.24) is 23.1 Å². The number of aliphatic hydroxyl groups is 1. The largest absolute Gasteiger partial charge is 0.392 e. The van der Waals surface area contributed by atoms with Crippen LogP contribution in [-0.2, 0) is 20.6 Å². The summed E-state index contributed by atoms with van der Waals surface area (Å²) in [6.45, 7) is 4.04. The lowest BCUT2D eigenvalue weighted by Gasteiger charge is -2.11. The zero-order valence-corrected chi connectivity index (χ0v) is 15.7. The van der Waals surface area contributed by atoms with E-state index in [4.69, 9.17) is 0 Å². The van der Waals surface area contributed by atoms with Gasteiger partial charge in [-0.25, -0.2) is 4.79 Å². The second-order valence-electron chi connectivity index (χ2n) is 7.00. The zero-order chi connectivity index (χ0) is 19.5. The highest BCUT2D eigenvalue weighted by molar-refractivity contribution is 5.78. The molecule has 1 aromatic carbocycles. The predicted molar refractivity (Wildman–Crippen MR) is 103 cm³/mol. The highest BCUT2D eigenvalue weighted by atomic mass is 16.3. The highest BCUT2D eigenvalue weighted by Crippen LogP contribution is 2.26. The molecule has 3 heterocycles. The van der Waals surface area contributed by atoms with E-state index in [2.05, 4.69) is 4.98 Å². The van der Waals surface area contributed by atoms with Crippen molar-refractivity contribution in [2.24, 2.45) is 14.1 Å². The summed E-state index contributed by atoms with van der Waals surface area (Å²) in [6, 6.07) is 8.02. The highest BCUT2D eigenvalue weighted by Gasteiger charge is 2.21. The molecular formula is C19H21N5O3. The zero-order valence-electron chi connectivity index (χ0n) is 15.7. The number of aryl methyl sites for hydroxylation is 2. The summed E-state index contributed by atoms with van der Waals surface area (Å²) in [4.78, 5) is 29.5. The van der Waals surface area contributed by atoms with Gasteiger partial charge in [-0.2, -0.15) is 4.98 Å². The minimum atomic E-state index is -0.600. The van der Waals surface area contributed by atoms with Gasteiger partial charge in [0.15, 0.2) is 11.2 Å².